The van der Waals surface area contributed by atoms with E-state index in [1.807, 2.05) is 12.1 Å². The Hall–Kier alpha value is -1.73. The zero-order chi connectivity index (χ0) is 18.6. The number of carboxylic acid groups (broad SMARTS) is 1. The van der Waals surface area contributed by atoms with E-state index in [0.29, 0.717) is 19.6 Å². The van der Waals surface area contributed by atoms with Crippen LogP contribution in [-0.4, -0.2) is 59.6 Å². The number of aliphatic carboxylic acids is 1. The smallest absolute Gasteiger partial charge is 0.313 e. The van der Waals surface area contributed by atoms with Crippen LogP contribution in [0.3, 0.4) is 0 Å². The van der Waals surface area contributed by atoms with E-state index in [9.17, 15) is 9.59 Å². The van der Waals surface area contributed by atoms with Crippen molar-refractivity contribution in [3.63, 3.8) is 0 Å². The topological polar surface area (TPSA) is 78.9 Å². The van der Waals surface area contributed by atoms with Gasteiger partial charge in [-0.25, -0.2) is 0 Å². The molecule has 0 aromatic heterocycles. The first-order chi connectivity index (χ1) is 12.6. The van der Waals surface area contributed by atoms with Crippen LogP contribution in [0.25, 0.3) is 0 Å². The highest BCUT2D eigenvalue weighted by Gasteiger charge is 2.10. The van der Waals surface area contributed by atoms with Crippen LogP contribution in [-0.2, 0) is 16.1 Å². The molecule has 1 fully saturated rings. The molecule has 6 nitrogen and oxygen atoms in total. The van der Waals surface area contributed by atoms with Gasteiger partial charge >= 0.3 is 5.97 Å². The Morgan fingerprint density at radius 3 is 2.77 bits per heavy atom. The predicted octanol–water partition coefficient (Wildman–Crippen LogP) is 2.38. The molecule has 1 saturated heterocycles. The Morgan fingerprint density at radius 1 is 1.19 bits per heavy atom. The molecule has 0 saturated carbocycles. The van der Waals surface area contributed by atoms with Crippen molar-refractivity contribution >= 4 is 23.6 Å². The molecule has 7 heteroatoms. The number of likely N-dealkylation sites (tertiary alicyclic amines) is 1. The molecule has 0 radical (unpaired) electrons. The van der Waals surface area contributed by atoms with Crippen molar-refractivity contribution in [2.45, 2.75) is 32.2 Å². The van der Waals surface area contributed by atoms with Gasteiger partial charge in [-0.3, -0.25) is 14.5 Å². The summed E-state index contributed by atoms with van der Waals surface area (Å²) in [6.45, 7) is 4.39. The lowest BCUT2D eigenvalue weighted by atomic mass is 10.1. The van der Waals surface area contributed by atoms with Gasteiger partial charge in [0.1, 0.15) is 5.75 Å². The summed E-state index contributed by atoms with van der Waals surface area (Å²) in [6, 6.07) is 8.21. The highest BCUT2D eigenvalue weighted by Crippen LogP contribution is 2.17. The fraction of sp³-hybridized carbons (Fsp3) is 0.579. The van der Waals surface area contributed by atoms with E-state index in [-0.39, 0.29) is 17.4 Å². The van der Waals surface area contributed by atoms with Crippen LogP contribution in [0.5, 0.6) is 5.75 Å². The molecule has 1 aromatic carbocycles. The molecule has 0 spiro atoms. The average molecular weight is 381 g/mol. The van der Waals surface area contributed by atoms with Gasteiger partial charge in [0.15, 0.2) is 0 Å². The van der Waals surface area contributed by atoms with Crippen LogP contribution in [0.15, 0.2) is 24.3 Å². The van der Waals surface area contributed by atoms with Gasteiger partial charge in [0.2, 0.25) is 5.91 Å². The molecule has 2 rings (SSSR count). The number of nitrogens with zero attached hydrogens (tertiary/aromatic N) is 1. The summed E-state index contributed by atoms with van der Waals surface area (Å²) in [5.41, 5.74) is 1.27. The molecule has 26 heavy (non-hydrogen) atoms. The summed E-state index contributed by atoms with van der Waals surface area (Å²) >= 11 is 1.10. The number of thioether (sulfide) groups is 1. The van der Waals surface area contributed by atoms with Crippen LogP contribution in [0.1, 0.15) is 31.2 Å². The lowest BCUT2D eigenvalue weighted by Crippen LogP contribution is -2.29. The predicted molar refractivity (Wildman–Crippen MR) is 104 cm³/mol. The van der Waals surface area contributed by atoms with Crippen molar-refractivity contribution in [3.8, 4) is 5.75 Å². The van der Waals surface area contributed by atoms with Gasteiger partial charge in [0, 0.05) is 13.1 Å². The van der Waals surface area contributed by atoms with E-state index in [1.54, 1.807) is 0 Å². The second kappa shape index (κ2) is 11.8. The largest absolute Gasteiger partial charge is 0.494 e. The highest BCUT2D eigenvalue weighted by atomic mass is 32.2. The molecule has 0 bridgehead atoms. The summed E-state index contributed by atoms with van der Waals surface area (Å²) < 4.78 is 5.78. The Bertz CT molecular complexity index is 576. The maximum Gasteiger partial charge on any atom is 0.313 e. The second-order valence-electron chi connectivity index (χ2n) is 6.42. The van der Waals surface area contributed by atoms with Crippen molar-refractivity contribution in [1.29, 1.82) is 0 Å². The van der Waals surface area contributed by atoms with Gasteiger partial charge in [-0.1, -0.05) is 18.6 Å². The molecule has 1 heterocycles. The summed E-state index contributed by atoms with van der Waals surface area (Å²) in [6.07, 6.45) is 4.63. The van der Waals surface area contributed by atoms with E-state index < -0.39 is 5.97 Å². The third-order valence-corrected chi connectivity index (χ3v) is 5.04. The lowest BCUT2D eigenvalue weighted by molar-refractivity contribution is -0.133. The molecule has 0 unspecified atom stereocenters. The minimum absolute atomic E-state index is 0.0513. The quantitative estimate of drug-likeness (QED) is 0.574. The SMILES string of the molecule is O=C(O)CSCC(=O)NCCCOc1cccc(CN2CCCCC2)c1. The summed E-state index contributed by atoms with van der Waals surface area (Å²) in [5, 5.41) is 11.3. The van der Waals surface area contributed by atoms with Gasteiger partial charge in [0.05, 0.1) is 18.1 Å². The van der Waals surface area contributed by atoms with Gasteiger partial charge in [-0.2, -0.15) is 0 Å². The standard InChI is InChI=1S/C19H28N2O4S/c22-18(14-26-15-19(23)24)20-8-5-11-25-17-7-4-6-16(12-17)13-21-9-2-1-3-10-21/h4,6-7,12H,1-3,5,8-11,13-15H2,(H,20,22)(H,23,24). The number of nitrogens with one attached hydrogen (secondary N) is 1. The molecule has 0 atom stereocenters. The lowest BCUT2D eigenvalue weighted by Gasteiger charge is -2.26. The van der Waals surface area contributed by atoms with Crippen molar-refractivity contribution in [2.75, 3.05) is 37.7 Å². The summed E-state index contributed by atoms with van der Waals surface area (Å²) in [5.74, 6) is -0.0583. The minimum Gasteiger partial charge on any atom is -0.494 e. The number of hydrogen-bond donors (Lipinski definition) is 2. The third kappa shape index (κ3) is 8.58. The molecule has 1 aromatic rings. The van der Waals surface area contributed by atoms with E-state index in [0.717, 1.165) is 24.1 Å². The number of ether oxygens (including phenoxy) is 1. The highest BCUT2D eigenvalue weighted by molar-refractivity contribution is 8.00. The monoisotopic (exact) mass is 380 g/mol. The third-order valence-electron chi connectivity index (χ3n) is 4.12. The normalized spacial score (nSPS) is 14.8. The maximum absolute atomic E-state index is 11.5. The van der Waals surface area contributed by atoms with Crippen LogP contribution in [0, 0.1) is 0 Å². The fourth-order valence-corrected chi connectivity index (χ4v) is 3.45. The number of carbonyl (C=O) groups is 2. The zero-order valence-corrected chi connectivity index (χ0v) is 15.9. The maximum atomic E-state index is 11.5. The first-order valence-corrected chi connectivity index (χ1v) is 10.3. The second-order valence-corrected chi connectivity index (χ2v) is 7.41. The molecule has 1 aliphatic rings. The number of hydrogen-bond acceptors (Lipinski definition) is 5. The number of carboxylic acids is 1. The number of amides is 1. The molecule has 2 N–H and O–H groups in total. The van der Waals surface area contributed by atoms with Gasteiger partial charge in [0.25, 0.3) is 0 Å². The number of benzene rings is 1. The summed E-state index contributed by atoms with van der Waals surface area (Å²) in [7, 11) is 0. The minimum atomic E-state index is -0.904. The number of carbonyl (C=O) groups excluding carboxylic acids is 1. The molecule has 1 amide bonds. The Labute approximate surface area is 159 Å². The van der Waals surface area contributed by atoms with Crippen molar-refractivity contribution in [3.05, 3.63) is 29.8 Å². The first-order valence-electron chi connectivity index (χ1n) is 9.14. The molecule has 0 aliphatic carbocycles. The number of rotatable bonds is 11. The van der Waals surface area contributed by atoms with Crippen molar-refractivity contribution in [2.24, 2.45) is 0 Å². The Kier molecular flexibility index (Phi) is 9.34. The molecule has 144 valence electrons. The first kappa shape index (κ1) is 20.6. The fourth-order valence-electron chi connectivity index (χ4n) is 2.88. The van der Waals surface area contributed by atoms with Crippen molar-refractivity contribution < 1.29 is 19.4 Å². The summed E-state index contributed by atoms with van der Waals surface area (Å²) in [4.78, 5) is 24.4. The Morgan fingerprint density at radius 2 is 2.00 bits per heavy atom. The number of piperidine rings is 1. The Balaban J connectivity index is 1.59. The zero-order valence-electron chi connectivity index (χ0n) is 15.1. The van der Waals surface area contributed by atoms with Crippen LogP contribution in [0.4, 0.5) is 0 Å². The molecular weight excluding hydrogens is 352 g/mol. The van der Waals surface area contributed by atoms with E-state index in [1.165, 1.54) is 37.9 Å². The molecule has 1 aliphatic heterocycles. The van der Waals surface area contributed by atoms with Gasteiger partial charge in [-0.05, 0) is 50.0 Å². The van der Waals surface area contributed by atoms with Crippen LogP contribution >= 0.6 is 11.8 Å². The van der Waals surface area contributed by atoms with E-state index >= 15 is 0 Å². The van der Waals surface area contributed by atoms with E-state index in [4.69, 9.17) is 9.84 Å². The van der Waals surface area contributed by atoms with E-state index in [2.05, 4.69) is 22.3 Å². The average Bonchev–Trinajstić information content (AvgIpc) is 2.62. The van der Waals surface area contributed by atoms with Gasteiger partial charge in [-0.15, -0.1) is 11.8 Å². The van der Waals surface area contributed by atoms with Gasteiger partial charge < -0.3 is 15.2 Å². The van der Waals surface area contributed by atoms with Crippen molar-refractivity contribution in [1.82, 2.24) is 10.2 Å². The van der Waals surface area contributed by atoms with Crippen LogP contribution in [0.2, 0.25) is 0 Å². The van der Waals surface area contributed by atoms with Crippen LogP contribution < -0.4 is 10.1 Å². The molecular formula is C19H28N2O4S.